The minimum Gasteiger partial charge on any atom is -0.495 e. The van der Waals surface area contributed by atoms with E-state index in [1.807, 2.05) is 18.2 Å². The molecule has 2 aromatic rings. The molecule has 1 aromatic heterocycles. The van der Waals surface area contributed by atoms with Gasteiger partial charge in [0.2, 0.25) is 5.71 Å². The lowest BCUT2D eigenvalue weighted by Crippen LogP contribution is -2.21. The second-order valence-corrected chi connectivity index (χ2v) is 3.85. The van der Waals surface area contributed by atoms with Gasteiger partial charge in [-0.25, -0.2) is 0 Å². The van der Waals surface area contributed by atoms with Gasteiger partial charge in [0, 0.05) is 5.39 Å². The van der Waals surface area contributed by atoms with E-state index in [2.05, 4.69) is 15.5 Å². The van der Waals surface area contributed by atoms with Crippen LogP contribution in [-0.4, -0.2) is 23.6 Å². The van der Waals surface area contributed by atoms with Crippen molar-refractivity contribution < 1.29 is 4.74 Å². The number of nitrogens with zero attached hydrogens (tertiary/aromatic N) is 3. The van der Waals surface area contributed by atoms with E-state index >= 15 is 0 Å². The SMILES string of the molecule is COc1cnc2c(N/N=C(\C#N)C(=N)N)cccc2c1. The van der Waals surface area contributed by atoms with E-state index in [0.717, 1.165) is 5.39 Å². The van der Waals surface area contributed by atoms with Gasteiger partial charge in [-0.1, -0.05) is 12.1 Å². The first kappa shape index (κ1) is 13.3. The number of amidine groups is 1. The number of rotatable bonds is 4. The number of methoxy groups -OCH3 is 1. The Hall–Kier alpha value is -3.14. The summed E-state index contributed by atoms with van der Waals surface area (Å²) in [5, 5.41) is 20.6. The molecule has 2 rings (SSSR count). The lowest BCUT2D eigenvalue weighted by Gasteiger charge is -2.06. The van der Waals surface area contributed by atoms with Crippen molar-refractivity contribution in [2.75, 3.05) is 12.5 Å². The molecule has 1 heterocycles. The molecule has 0 aliphatic heterocycles. The van der Waals surface area contributed by atoms with E-state index in [-0.39, 0.29) is 5.71 Å². The fourth-order valence-electron chi connectivity index (χ4n) is 1.60. The number of anilines is 1. The number of hydrogen-bond acceptors (Lipinski definition) is 6. The summed E-state index contributed by atoms with van der Waals surface area (Å²) < 4.78 is 5.11. The summed E-state index contributed by atoms with van der Waals surface area (Å²) >= 11 is 0. The van der Waals surface area contributed by atoms with Gasteiger partial charge >= 0.3 is 0 Å². The van der Waals surface area contributed by atoms with Crippen molar-refractivity contribution in [2.45, 2.75) is 0 Å². The van der Waals surface area contributed by atoms with Gasteiger partial charge in [-0.2, -0.15) is 10.4 Å². The van der Waals surface area contributed by atoms with Crippen LogP contribution in [0.4, 0.5) is 5.69 Å². The van der Waals surface area contributed by atoms with Gasteiger partial charge in [0.15, 0.2) is 5.84 Å². The maximum atomic E-state index is 8.78. The molecule has 0 radical (unpaired) electrons. The van der Waals surface area contributed by atoms with E-state index in [9.17, 15) is 0 Å². The lowest BCUT2D eigenvalue weighted by molar-refractivity contribution is 0.414. The Labute approximate surface area is 115 Å². The van der Waals surface area contributed by atoms with Crippen LogP contribution in [0.15, 0.2) is 35.6 Å². The highest BCUT2D eigenvalue weighted by Crippen LogP contribution is 2.24. The molecule has 7 nitrogen and oxygen atoms in total. The number of para-hydroxylation sites is 1. The minimum atomic E-state index is -0.394. The molecule has 0 bridgehead atoms. The maximum Gasteiger partial charge on any atom is 0.201 e. The van der Waals surface area contributed by atoms with Gasteiger partial charge in [0.25, 0.3) is 0 Å². The molecule has 0 fully saturated rings. The number of fused-ring (bicyclic) bond motifs is 1. The van der Waals surface area contributed by atoms with Crippen LogP contribution in [0.1, 0.15) is 0 Å². The summed E-state index contributed by atoms with van der Waals surface area (Å²) in [5.74, 6) is 0.259. The Bertz CT molecular complexity index is 731. The molecule has 100 valence electrons. The van der Waals surface area contributed by atoms with Gasteiger partial charge in [0.05, 0.1) is 24.5 Å². The van der Waals surface area contributed by atoms with E-state index in [1.165, 1.54) is 0 Å². The van der Waals surface area contributed by atoms with Crippen molar-refractivity contribution in [1.82, 2.24) is 4.98 Å². The van der Waals surface area contributed by atoms with Crippen molar-refractivity contribution >= 4 is 28.1 Å². The zero-order chi connectivity index (χ0) is 14.5. The lowest BCUT2D eigenvalue weighted by atomic mass is 10.2. The Morgan fingerprint density at radius 1 is 1.55 bits per heavy atom. The van der Waals surface area contributed by atoms with Gasteiger partial charge < -0.3 is 10.5 Å². The van der Waals surface area contributed by atoms with Gasteiger partial charge in [0.1, 0.15) is 11.8 Å². The van der Waals surface area contributed by atoms with Crippen LogP contribution < -0.4 is 15.9 Å². The minimum absolute atomic E-state index is 0.185. The highest BCUT2D eigenvalue weighted by Gasteiger charge is 2.05. The fourth-order valence-corrected chi connectivity index (χ4v) is 1.60. The van der Waals surface area contributed by atoms with Gasteiger partial charge in [-0.3, -0.25) is 15.8 Å². The molecule has 0 aliphatic carbocycles. The van der Waals surface area contributed by atoms with Gasteiger partial charge in [-0.05, 0) is 12.1 Å². The van der Waals surface area contributed by atoms with Crippen LogP contribution in [0, 0.1) is 16.7 Å². The van der Waals surface area contributed by atoms with E-state index in [4.69, 9.17) is 21.1 Å². The molecule has 0 unspecified atom stereocenters. The molecule has 0 atom stereocenters. The van der Waals surface area contributed by atoms with Crippen molar-refractivity contribution in [1.29, 1.82) is 10.7 Å². The Morgan fingerprint density at radius 2 is 2.35 bits per heavy atom. The number of nitrogens with one attached hydrogen (secondary N) is 2. The van der Waals surface area contributed by atoms with Crippen molar-refractivity contribution in [3.63, 3.8) is 0 Å². The zero-order valence-electron chi connectivity index (χ0n) is 10.7. The first-order valence-electron chi connectivity index (χ1n) is 5.66. The molecule has 7 heteroatoms. The van der Waals surface area contributed by atoms with Gasteiger partial charge in [-0.15, -0.1) is 0 Å². The van der Waals surface area contributed by atoms with Crippen molar-refractivity contribution in [3.05, 3.63) is 30.5 Å². The highest BCUT2D eigenvalue weighted by molar-refractivity contribution is 6.45. The van der Waals surface area contributed by atoms with Crippen LogP contribution in [0.25, 0.3) is 10.9 Å². The third-order valence-corrected chi connectivity index (χ3v) is 2.57. The first-order valence-corrected chi connectivity index (χ1v) is 5.66. The number of pyridine rings is 1. The van der Waals surface area contributed by atoms with Crippen molar-refractivity contribution in [2.24, 2.45) is 10.8 Å². The largest absolute Gasteiger partial charge is 0.495 e. The van der Waals surface area contributed by atoms with Crippen LogP contribution in [0.2, 0.25) is 0 Å². The summed E-state index contributed by atoms with van der Waals surface area (Å²) in [6.45, 7) is 0. The van der Waals surface area contributed by atoms with Crippen LogP contribution in [0.5, 0.6) is 5.75 Å². The monoisotopic (exact) mass is 268 g/mol. The topological polar surface area (TPSA) is 120 Å². The molecule has 0 spiro atoms. The molecule has 0 aliphatic rings. The number of aromatic nitrogens is 1. The quantitative estimate of drug-likeness (QED) is 0.440. The van der Waals surface area contributed by atoms with Crippen LogP contribution >= 0.6 is 0 Å². The number of hydrogen-bond donors (Lipinski definition) is 3. The van der Waals surface area contributed by atoms with E-state index in [1.54, 1.807) is 25.4 Å². The number of benzene rings is 1. The van der Waals surface area contributed by atoms with Crippen molar-refractivity contribution in [3.8, 4) is 11.8 Å². The molecular weight excluding hydrogens is 256 g/mol. The normalized spacial score (nSPS) is 10.9. The Morgan fingerprint density at radius 3 is 3.00 bits per heavy atom. The van der Waals surface area contributed by atoms with E-state index in [0.29, 0.717) is 17.0 Å². The molecule has 0 saturated carbocycles. The molecular formula is C13H12N6O. The number of hydrazone groups is 1. The third-order valence-electron chi connectivity index (χ3n) is 2.57. The molecule has 1 aromatic carbocycles. The first-order chi connectivity index (χ1) is 9.65. The molecule has 0 amide bonds. The average molecular weight is 268 g/mol. The second kappa shape index (κ2) is 5.67. The molecule has 0 saturated heterocycles. The summed E-state index contributed by atoms with van der Waals surface area (Å²) in [5.41, 5.74) is 9.02. The molecule has 20 heavy (non-hydrogen) atoms. The second-order valence-electron chi connectivity index (χ2n) is 3.85. The van der Waals surface area contributed by atoms with Crippen LogP contribution in [-0.2, 0) is 0 Å². The Balaban J connectivity index is 2.41. The molecule has 4 N–H and O–H groups in total. The standard InChI is InChI=1S/C13H12N6O/c1-20-9-5-8-3-2-4-10(12(8)17-7-9)18-19-11(6-14)13(15)16/h2-5,7,18H,1H3,(H3,15,16)/b19-11+. The maximum absolute atomic E-state index is 8.78. The summed E-state index contributed by atoms with van der Waals surface area (Å²) in [4.78, 5) is 4.28. The van der Waals surface area contributed by atoms with E-state index < -0.39 is 5.84 Å². The third kappa shape index (κ3) is 2.64. The number of nitriles is 1. The predicted molar refractivity (Wildman–Crippen MR) is 76.9 cm³/mol. The summed E-state index contributed by atoms with van der Waals surface area (Å²) in [6, 6.07) is 9.05. The smallest absolute Gasteiger partial charge is 0.201 e. The zero-order valence-corrected chi connectivity index (χ0v) is 10.7. The predicted octanol–water partition coefficient (Wildman–Crippen LogP) is 1.47. The number of nitrogens with two attached hydrogens (primary N) is 1. The summed E-state index contributed by atoms with van der Waals surface area (Å²) in [6.07, 6.45) is 1.59. The number of ether oxygens (including phenoxy) is 1. The fraction of sp³-hybridized carbons (Fsp3) is 0.0769. The average Bonchev–Trinajstić information content (AvgIpc) is 2.47. The Kier molecular flexibility index (Phi) is 3.77. The highest BCUT2D eigenvalue weighted by atomic mass is 16.5. The van der Waals surface area contributed by atoms with Crippen LogP contribution in [0.3, 0.4) is 0 Å². The summed E-state index contributed by atoms with van der Waals surface area (Å²) in [7, 11) is 1.57.